The second kappa shape index (κ2) is 3.17. The zero-order valence-electron chi connectivity index (χ0n) is 5.52. The summed E-state index contributed by atoms with van der Waals surface area (Å²) in [5.41, 5.74) is 0. The Balaban J connectivity index is 2.30. The van der Waals surface area contributed by atoms with Crippen LogP contribution in [0, 0.1) is 0 Å². The van der Waals surface area contributed by atoms with E-state index in [0.717, 1.165) is 12.2 Å². The average Bonchev–Trinajstić information content (AvgIpc) is 2.34. The Morgan fingerprint density at radius 1 is 1.67 bits per heavy atom. The standard InChI is InChI=1S/C5H10N4/c1-2-3-4-5-6-8-9-7-5/h2-4H2,1H3,(H,6,7,8,9)/p+1. The van der Waals surface area contributed by atoms with Crippen LogP contribution in [-0.2, 0) is 6.42 Å². The fourth-order valence-corrected chi connectivity index (χ4v) is 0.657. The van der Waals surface area contributed by atoms with Crippen molar-refractivity contribution in [2.24, 2.45) is 0 Å². The molecular weight excluding hydrogens is 116 g/mol. The first-order valence-corrected chi connectivity index (χ1v) is 3.21. The number of tetrazole rings is 1. The summed E-state index contributed by atoms with van der Waals surface area (Å²) in [6, 6.07) is 0. The number of unbranched alkanes of at least 4 members (excludes halogenated alkanes) is 1. The Morgan fingerprint density at radius 3 is 3.11 bits per heavy atom. The molecule has 0 radical (unpaired) electrons. The van der Waals surface area contributed by atoms with Gasteiger partial charge in [-0.3, -0.25) is 0 Å². The van der Waals surface area contributed by atoms with Crippen LogP contribution in [0.15, 0.2) is 0 Å². The quantitative estimate of drug-likeness (QED) is 0.619. The van der Waals surface area contributed by atoms with Gasteiger partial charge in [0.15, 0.2) is 5.21 Å². The predicted molar refractivity (Wildman–Crippen MR) is 31.6 cm³/mol. The highest BCUT2D eigenvalue weighted by Crippen LogP contribution is 1.91. The van der Waals surface area contributed by atoms with E-state index in [4.69, 9.17) is 0 Å². The maximum Gasteiger partial charge on any atom is 0.298 e. The Bertz CT molecular complexity index is 146. The number of H-pyrrole nitrogens is 2. The summed E-state index contributed by atoms with van der Waals surface area (Å²) in [7, 11) is 0. The van der Waals surface area contributed by atoms with Crippen LogP contribution in [0.3, 0.4) is 0 Å². The number of aryl methyl sites for hydroxylation is 1. The lowest BCUT2D eigenvalue weighted by atomic mass is 10.2. The average molecular weight is 127 g/mol. The third-order valence-corrected chi connectivity index (χ3v) is 1.19. The van der Waals surface area contributed by atoms with Gasteiger partial charge in [-0.2, -0.15) is 5.10 Å². The lowest BCUT2D eigenvalue weighted by molar-refractivity contribution is -0.466. The molecule has 1 rings (SSSR count). The van der Waals surface area contributed by atoms with E-state index in [1.54, 1.807) is 0 Å². The molecule has 0 unspecified atom stereocenters. The summed E-state index contributed by atoms with van der Waals surface area (Å²) in [5, 5.41) is 12.7. The summed E-state index contributed by atoms with van der Waals surface area (Å²) in [6.07, 6.45) is 3.36. The molecule has 0 saturated heterocycles. The SMILES string of the molecule is CCCCc1nn[nH][nH+]1. The minimum Gasteiger partial charge on any atom is -0.176 e. The highest BCUT2D eigenvalue weighted by atomic mass is 15.5. The molecule has 0 aromatic carbocycles. The number of aromatic nitrogens is 4. The topological polar surface area (TPSA) is 55.7 Å². The van der Waals surface area contributed by atoms with Crippen LogP contribution < -0.4 is 5.10 Å². The first kappa shape index (κ1) is 6.19. The molecular formula is C5H11N4+. The monoisotopic (exact) mass is 127 g/mol. The van der Waals surface area contributed by atoms with Crippen LogP contribution in [0.4, 0.5) is 0 Å². The molecule has 9 heavy (non-hydrogen) atoms. The number of hydrogen-bond donors (Lipinski definition) is 1. The van der Waals surface area contributed by atoms with Crippen molar-refractivity contribution in [1.29, 1.82) is 0 Å². The first-order valence-electron chi connectivity index (χ1n) is 3.21. The van der Waals surface area contributed by atoms with E-state index in [0.29, 0.717) is 0 Å². The van der Waals surface area contributed by atoms with Gasteiger partial charge < -0.3 is 0 Å². The van der Waals surface area contributed by atoms with Crippen LogP contribution in [0.2, 0.25) is 0 Å². The minimum absolute atomic E-state index is 0.942. The fourth-order valence-electron chi connectivity index (χ4n) is 0.657. The van der Waals surface area contributed by atoms with Gasteiger partial charge in [-0.25, -0.2) is 0 Å². The molecule has 4 heteroatoms. The van der Waals surface area contributed by atoms with E-state index in [1.807, 2.05) is 0 Å². The Hall–Kier alpha value is -0.930. The van der Waals surface area contributed by atoms with Gasteiger partial charge in [0.2, 0.25) is 0 Å². The summed E-state index contributed by atoms with van der Waals surface area (Å²) in [5.74, 6) is 0.942. The van der Waals surface area contributed by atoms with Crippen molar-refractivity contribution in [3.8, 4) is 0 Å². The normalized spacial score (nSPS) is 9.89. The smallest absolute Gasteiger partial charge is 0.176 e. The van der Waals surface area contributed by atoms with Crippen molar-refractivity contribution in [2.75, 3.05) is 0 Å². The van der Waals surface area contributed by atoms with Gasteiger partial charge in [-0.1, -0.05) is 18.6 Å². The van der Waals surface area contributed by atoms with Crippen molar-refractivity contribution in [2.45, 2.75) is 26.2 Å². The first-order chi connectivity index (χ1) is 4.43. The summed E-state index contributed by atoms with van der Waals surface area (Å²) in [6.45, 7) is 2.15. The van der Waals surface area contributed by atoms with E-state index >= 15 is 0 Å². The predicted octanol–water partition coefficient (Wildman–Crippen LogP) is -0.0386. The fraction of sp³-hybridized carbons (Fsp3) is 0.800. The van der Waals surface area contributed by atoms with E-state index in [9.17, 15) is 0 Å². The summed E-state index contributed by atoms with van der Waals surface area (Å²) < 4.78 is 0. The maximum absolute atomic E-state index is 3.79. The molecule has 0 aliphatic heterocycles. The number of hydrogen-bond acceptors (Lipinski definition) is 2. The zero-order valence-corrected chi connectivity index (χ0v) is 5.52. The number of aromatic amines is 2. The van der Waals surface area contributed by atoms with Crippen molar-refractivity contribution >= 4 is 0 Å². The third kappa shape index (κ3) is 1.79. The van der Waals surface area contributed by atoms with Gasteiger partial charge in [0.05, 0.1) is 0 Å². The lowest BCUT2D eigenvalue weighted by Gasteiger charge is -1.82. The summed E-state index contributed by atoms with van der Waals surface area (Å²) >= 11 is 0. The van der Waals surface area contributed by atoms with E-state index in [-0.39, 0.29) is 0 Å². The lowest BCUT2D eigenvalue weighted by Crippen LogP contribution is -2.09. The molecule has 0 bridgehead atoms. The maximum atomic E-state index is 3.79. The van der Waals surface area contributed by atoms with E-state index in [1.165, 1.54) is 12.8 Å². The van der Waals surface area contributed by atoms with Gasteiger partial charge in [0.1, 0.15) is 5.10 Å². The molecule has 0 saturated carbocycles. The van der Waals surface area contributed by atoms with Gasteiger partial charge >= 0.3 is 0 Å². The molecule has 50 valence electrons. The summed E-state index contributed by atoms with van der Waals surface area (Å²) in [4.78, 5) is 0. The number of nitrogens with zero attached hydrogens (tertiary/aromatic N) is 2. The van der Waals surface area contributed by atoms with Gasteiger partial charge in [0.25, 0.3) is 5.82 Å². The van der Waals surface area contributed by atoms with Gasteiger partial charge in [0, 0.05) is 6.42 Å². The zero-order chi connectivity index (χ0) is 6.53. The van der Waals surface area contributed by atoms with Crippen LogP contribution in [0.1, 0.15) is 25.6 Å². The molecule has 0 spiro atoms. The largest absolute Gasteiger partial charge is 0.298 e. The molecule has 0 atom stereocenters. The Morgan fingerprint density at radius 2 is 2.56 bits per heavy atom. The molecule has 2 N–H and O–H groups in total. The number of rotatable bonds is 3. The Labute approximate surface area is 53.7 Å². The molecule has 0 aliphatic carbocycles. The molecule has 0 amide bonds. The van der Waals surface area contributed by atoms with E-state index in [2.05, 4.69) is 27.5 Å². The molecule has 1 aromatic rings. The van der Waals surface area contributed by atoms with Gasteiger partial charge in [-0.05, 0) is 6.42 Å². The highest BCUT2D eigenvalue weighted by molar-refractivity contribution is 4.65. The van der Waals surface area contributed by atoms with E-state index < -0.39 is 0 Å². The molecule has 1 aromatic heterocycles. The van der Waals surface area contributed by atoms with Gasteiger partial charge in [-0.15, -0.1) is 0 Å². The Kier molecular flexibility index (Phi) is 2.18. The van der Waals surface area contributed by atoms with Crippen molar-refractivity contribution < 1.29 is 5.10 Å². The second-order valence-electron chi connectivity index (χ2n) is 1.99. The minimum atomic E-state index is 0.942. The van der Waals surface area contributed by atoms with Crippen LogP contribution in [0.25, 0.3) is 0 Å². The highest BCUT2D eigenvalue weighted by Gasteiger charge is 2.01. The van der Waals surface area contributed by atoms with Crippen LogP contribution >= 0.6 is 0 Å². The van der Waals surface area contributed by atoms with Crippen molar-refractivity contribution in [3.05, 3.63) is 5.82 Å². The second-order valence-corrected chi connectivity index (χ2v) is 1.99. The molecule has 0 aliphatic rings. The van der Waals surface area contributed by atoms with Crippen LogP contribution in [0.5, 0.6) is 0 Å². The number of nitrogens with one attached hydrogen (secondary N) is 2. The third-order valence-electron chi connectivity index (χ3n) is 1.19. The molecule has 4 nitrogen and oxygen atoms in total. The molecule has 0 fully saturated rings. The van der Waals surface area contributed by atoms with Crippen LogP contribution in [-0.4, -0.2) is 15.5 Å². The van der Waals surface area contributed by atoms with Crippen molar-refractivity contribution in [3.63, 3.8) is 0 Å². The van der Waals surface area contributed by atoms with Crippen molar-refractivity contribution in [1.82, 2.24) is 15.5 Å². The molecule has 1 heterocycles.